The molecular weight excluding hydrogens is 266 g/mol. The number of benzene rings is 1. The van der Waals surface area contributed by atoms with Crippen molar-refractivity contribution in [2.45, 2.75) is 6.92 Å². The summed E-state index contributed by atoms with van der Waals surface area (Å²) < 4.78 is 4.76. The number of hydrogen-bond acceptors (Lipinski definition) is 4. The summed E-state index contributed by atoms with van der Waals surface area (Å²) in [5.74, 6) is 0.982. The molecule has 0 N–H and O–H groups in total. The first kappa shape index (κ1) is 13.7. The summed E-state index contributed by atoms with van der Waals surface area (Å²) in [6.45, 7) is 5.00. The highest BCUT2D eigenvalue weighted by molar-refractivity contribution is 5.83. The minimum atomic E-state index is -0.252. The molecule has 5 heteroatoms. The van der Waals surface area contributed by atoms with E-state index in [0.29, 0.717) is 13.1 Å². The monoisotopic (exact) mass is 285 g/mol. The number of amides is 1. The first-order valence-corrected chi connectivity index (χ1v) is 7.13. The number of aromatic nitrogens is 1. The molecule has 0 spiro atoms. The van der Waals surface area contributed by atoms with Crippen LogP contribution in [0, 0.1) is 6.92 Å². The van der Waals surface area contributed by atoms with Crippen LogP contribution in [0.15, 0.2) is 30.3 Å². The molecule has 1 aliphatic heterocycles. The minimum Gasteiger partial charge on any atom is -0.453 e. The van der Waals surface area contributed by atoms with Crippen LogP contribution in [0.5, 0.6) is 0 Å². The van der Waals surface area contributed by atoms with Crippen LogP contribution >= 0.6 is 0 Å². The standard InChI is InChI=1S/C16H19N3O2/c1-12-11-15(17-14-6-4-3-5-13(12)14)18-7-9-19(10-8-18)16(20)21-2/h3-6,11H,7-10H2,1-2H3. The van der Waals surface area contributed by atoms with E-state index in [4.69, 9.17) is 9.72 Å². The molecule has 110 valence electrons. The van der Waals surface area contributed by atoms with Gasteiger partial charge in [-0.15, -0.1) is 0 Å². The number of methoxy groups -OCH3 is 1. The van der Waals surface area contributed by atoms with Crippen LogP contribution in [0.4, 0.5) is 10.6 Å². The van der Waals surface area contributed by atoms with Gasteiger partial charge in [0.2, 0.25) is 0 Å². The molecule has 1 aromatic carbocycles. The van der Waals surface area contributed by atoms with Crippen molar-refractivity contribution in [2.24, 2.45) is 0 Å². The van der Waals surface area contributed by atoms with Crippen molar-refractivity contribution in [3.63, 3.8) is 0 Å². The van der Waals surface area contributed by atoms with Crippen molar-refractivity contribution in [1.29, 1.82) is 0 Å². The van der Waals surface area contributed by atoms with Gasteiger partial charge in [0.05, 0.1) is 12.6 Å². The van der Waals surface area contributed by atoms with E-state index in [1.165, 1.54) is 18.1 Å². The zero-order valence-electron chi connectivity index (χ0n) is 12.4. The van der Waals surface area contributed by atoms with Crippen molar-refractivity contribution in [3.8, 4) is 0 Å². The van der Waals surface area contributed by atoms with Gasteiger partial charge >= 0.3 is 6.09 Å². The third-order valence-electron chi connectivity index (χ3n) is 3.95. The second-order valence-corrected chi connectivity index (χ2v) is 5.26. The van der Waals surface area contributed by atoms with Crippen molar-refractivity contribution >= 4 is 22.8 Å². The molecule has 1 aliphatic rings. The van der Waals surface area contributed by atoms with Crippen LogP contribution in [0.1, 0.15) is 5.56 Å². The lowest BCUT2D eigenvalue weighted by Crippen LogP contribution is -2.49. The Morgan fingerprint density at radius 1 is 1.19 bits per heavy atom. The number of aryl methyl sites for hydroxylation is 1. The number of anilines is 1. The Hall–Kier alpha value is -2.30. The minimum absolute atomic E-state index is 0.252. The molecule has 1 aromatic heterocycles. The number of para-hydroxylation sites is 1. The predicted octanol–water partition coefficient (Wildman–Crippen LogP) is 2.43. The fourth-order valence-corrected chi connectivity index (χ4v) is 2.74. The highest BCUT2D eigenvalue weighted by Gasteiger charge is 2.22. The van der Waals surface area contributed by atoms with Gasteiger partial charge < -0.3 is 14.5 Å². The SMILES string of the molecule is COC(=O)N1CCN(c2cc(C)c3ccccc3n2)CC1. The smallest absolute Gasteiger partial charge is 0.409 e. The van der Waals surface area contributed by atoms with E-state index in [9.17, 15) is 4.79 Å². The van der Waals surface area contributed by atoms with Crippen LogP contribution in [0.25, 0.3) is 10.9 Å². The molecule has 21 heavy (non-hydrogen) atoms. The van der Waals surface area contributed by atoms with E-state index in [1.54, 1.807) is 4.90 Å². The molecule has 2 heterocycles. The van der Waals surface area contributed by atoms with Gasteiger partial charge in [0, 0.05) is 31.6 Å². The third kappa shape index (κ3) is 2.63. The maximum Gasteiger partial charge on any atom is 0.409 e. The summed E-state index contributed by atoms with van der Waals surface area (Å²) in [5, 5.41) is 1.19. The van der Waals surface area contributed by atoms with Gasteiger partial charge in [-0.05, 0) is 24.6 Å². The second-order valence-electron chi connectivity index (χ2n) is 5.26. The molecule has 0 aliphatic carbocycles. The van der Waals surface area contributed by atoms with Crippen LogP contribution in [0.3, 0.4) is 0 Å². The molecule has 1 fully saturated rings. The molecule has 0 bridgehead atoms. The number of nitrogens with zero attached hydrogens (tertiary/aromatic N) is 3. The van der Waals surface area contributed by atoms with Crippen LogP contribution < -0.4 is 4.90 Å². The number of pyridine rings is 1. The quantitative estimate of drug-likeness (QED) is 0.807. The highest BCUT2D eigenvalue weighted by atomic mass is 16.5. The number of fused-ring (bicyclic) bond motifs is 1. The Bertz CT molecular complexity index is 664. The molecule has 3 rings (SSSR count). The van der Waals surface area contributed by atoms with E-state index in [1.807, 2.05) is 18.2 Å². The van der Waals surface area contributed by atoms with Gasteiger partial charge in [0.25, 0.3) is 0 Å². The first-order valence-electron chi connectivity index (χ1n) is 7.13. The summed E-state index contributed by atoms with van der Waals surface area (Å²) in [6, 6.07) is 10.3. The lowest BCUT2D eigenvalue weighted by Gasteiger charge is -2.34. The zero-order chi connectivity index (χ0) is 14.8. The molecule has 0 unspecified atom stereocenters. The summed E-state index contributed by atoms with van der Waals surface area (Å²) in [7, 11) is 1.42. The molecule has 0 saturated carbocycles. The molecule has 2 aromatic rings. The third-order valence-corrected chi connectivity index (χ3v) is 3.95. The van der Waals surface area contributed by atoms with Crippen molar-refractivity contribution < 1.29 is 9.53 Å². The summed E-state index contributed by atoms with van der Waals surface area (Å²) >= 11 is 0. The van der Waals surface area contributed by atoms with Gasteiger partial charge in [-0.3, -0.25) is 0 Å². The molecule has 0 atom stereocenters. The lowest BCUT2D eigenvalue weighted by molar-refractivity contribution is 0.121. The highest BCUT2D eigenvalue weighted by Crippen LogP contribution is 2.23. The van der Waals surface area contributed by atoms with Gasteiger partial charge in [0.1, 0.15) is 5.82 Å². The number of ether oxygens (including phenoxy) is 1. The van der Waals surface area contributed by atoms with Gasteiger partial charge in [-0.1, -0.05) is 18.2 Å². The zero-order valence-corrected chi connectivity index (χ0v) is 12.4. The largest absolute Gasteiger partial charge is 0.453 e. The van der Waals surface area contributed by atoms with Crippen LogP contribution in [-0.4, -0.2) is 49.3 Å². The van der Waals surface area contributed by atoms with E-state index in [2.05, 4.69) is 24.0 Å². The summed E-state index contributed by atoms with van der Waals surface area (Å²) in [4.78, 5) is 20.2. The number of rotatable bonds is 1. The van der Waals surface area contributed by atoms with E-state index >= 15 is 0 Å². The number of carbonyl (C=O) groups excluding carboxylic acids is 1. The fourth-order valence-electron chi connectivity index (χ4n) is 2.74. The van der Waals surface area contributed by atoms with E-state index in [-0.39, 0.29) is 6.09 Å². The molecule has 0 radical (unpaired) electrons. The fraction of sp³-hybridized carbons (Fsp3) is 0.375. The second kappa shape index (κ2) is 5.60. The van der Waals surface area contributed by atoms with Gasteiger partial charge in [-0.25, -0.2) is 9.78 Å². The van der Waals surface area contributed by atoms with Crippen molar-refractivity contribution in [2.75, 3.05) is 38.2 Å². The summed E-state index contributed by atoms with van der Waals surface area (Å²) in [6.07, 6.45) is -0.252. The average Bonchev–Trinajstić information content (AvgIpc) is 2.54. The lowest BCUT2D eigenvalue weighted by atomic mass is 10.1. The van der Waals surface area contributed by atoms with E-state index in [0.717, 1.165) is 24.4 Å². The average molecular weight is 285 g/mol. The Morgan fingerprint density at radius 2 is 1.90 bits per heavy atom. The molecular formula is C16H19N3O2. The maximum absolute atomic E-state index is 11.5. The van der Waals surface area contributed by atoms with Gasteiger partial charge in [0.15, 0.2) is 0 Å². The predicted molar refractivity (Wildman–Crippen MR) is 82.7 cm³/mol. The normalized spacial score (nSPS) is 15.3. The van der Waals surface area contributed by atoms with Crippen LogP contribution in [0.2, 0.25) is 0 Å². The van der Waals surface area contributed by atoms with Crippen molar-refractivity contribution in [1.82, 2.24) is 9.88 Å². The summed E-state index contributed by atoms with van der Waals surface area (Å²) in [5.41, 5.74) is 2.24. The molecule has 1 saturated heterocycles. The van der Waals surface area contributed by atoms with Crippen molar-refractivity contribution in [3.05, 3.63) is 35.9 Å². The number of carbonyl (C=O) groups is 1. The maximum atomic E-state index is 11.5. The Balaban J connectivity index is 1.81. The number of hydrogen-bond donors (Lipinski definition) is 0. The molecule has 5 nitrogen and oxygen atoms in total. The Kier molecular flexibility index (Phi) is 3.64. The van der Waals surface area contributed by atoms with Gasteiger partial charge in [-0.2, -0.15) is 0 Å². The molecule has 1 amide bonds. The Morgan fingerprint density at radius 3 is 2.62 bits per heavy atom. The van der Waals surface area contributed by atoms with Crippen LogP contribution in [-0.2, 0) is 4.74 Å². The van der Waals surface area contributed by atoms with E-state index < -0.39 is 0 Å². The Labute approximate surface area is 124 Å². The number of piperazine rings is 1. The topological polar surface area (TPSA) is 45.7 Å². The first-order chi connectivity index (χ1) is 10.2.